The number of ketones is 1. The number of allylic oxidation sites excluding steroid dienone is 1. The van der Waals surface area contributed by atoms with E-state index in [1.807, 2.05) is 0 Å². The Labute approximate surface area is 206 Å². The largest absolute Gasteiger partial charge is 0.493 e. The second kappa shape index (κ2) is 8.95. The fourth-order valence-electron chi connectivity index (χ4n) is 5.19. The lowest BCUT2D eigenvalue weighted by molar-refractivity contribution is -0.123. The SMILES string of the molecule is COC(=O)c1ccccc1N1C(=O)[C@@H]2[C@H](C1=O)[C@@H](C(=O)c1ccc(OC)c(OC)c1)N1N=CC=C[C@@H]21. The molecule has 0 aliphatic carbocycles. The number of Topliss-reactive ketones (excluding diaryl/α,β-unsaturated/α-hetero) is 1. The summed E-state index contributed by atoms with van der Waals surface area (Å²) in [7, 11) is 4.18. The van der Waals surface area contributed by atoms with Crippen LogP contribution in [-0.4, -0.2) is 68.2 Å². The summed E-state index contributed by atoms with van der Waals surface area (Å²) in [5.74, 6) is -3.18. The number of ether oxygens (including phenoxy) is 3. The number of methoxy groups -OCH3 is 3. The average molecular weight is 489 g/mol. The number of para-hydroxylation sites is 1. The maximum Gasteiger partial charge on any atom is 0.339 e. The van der Waals surface area contributed by atoms with E-state index < -0.39 is 41.7 Å². The summed E-state index contributed by atoms with van der Waals surface area (Å²) < 4.78 is 15.4. The zero-order valence-corrected chi connectivity index (χ0v) is 19.8. The molecule has 4 atom stereocenters. The van der Waals surface area contributed by atoms with Gasteiger partial charge in [-0.3, -0.25) is 19.4 Å². The lowest BCUT2D eigenvalue weighted by atomic mass is 9.86. The Balaban J connectivity index is 1.58. The fraction of sp³-hybridized carbons (Fsp3) is 0.269. The first-order valence-electron chi connectivity index (χ1n) is 11.2. The number of esters is 1. The molecule has 0 radical (unpaired) electrons. The van der Waals surface area contributed by atoms with E-state index in [0.717, 1.165) is 4.90 Å². The van der Waals surface area contributed by atoms with Gasteiger partial charge in [-0.25, -0.2) is 9.69 Å². The van der Waals surface area contributed by atoms with Crippen molar-refractivity contribution in [2.45, 2.75) is 12.1 Å². The number of hydrazone groups is 1. The van der Waals surface area contributed by atoms with Gasteiger partial charge in [0.15, 0.2) is 17.3 Å². The molecule has 2 amide bonds. The van der Waals surface area contributed by atoms with Crippen LogP contribution in [0, 0.1) is 11.8 Å². The Bertz CT molecular complexity index is 1330. The van der Waals surface area contributed by atoms with Crippen molar-refractivity contribution in [1.29, 1.82) is 0 Å². The van der Waals surface area contributed by atoms with Crippen molar-refractivity contribution in [3.05, 3.63) is 65.7 Å². The second-order valence-corrected chi connectivity index (χ2v) is 8.47. The van der Waals surface area contributed by atoms with Crippen LogP contribution in [0.25, 0.3) is 0 Å². The topological polar surface area (TPSA) is 115 Å². The minimum Gasteiger partial charge on any atom is -0.493 e. The molecule has 10 nitrogen and oxygen atoms in total. The van der Waals surface area contributed by atoms with Crippen LogP contribution in [-0.2, 0) is 14.3 Å². The molecule has 0 bridgehead atoms. The van der Waals surface area contributed by atoms with E-state index in [1.54, 1.807) is 42.5 Å². The highest BCUT2D eigenvalue weighted by atomic mass is 16.5. The van der Waals surface area contributed by atoms with Crippen molar-refractivity contribution in [1.82, 2.24) is 5.01 Å². The Kier molecular flexibility index (Phi) is 5.79. The molecule has 0 spiro atoms. The van der Waals surface area contributed by atoms with Gasteiger partial charge in [0.2, 0.25) is 11.8 Å². The van der Waals surface area contributed by atoms with E-state index in [-0.39, 0.29) is 22.6 Å². The molecule has 0 saturated carbocycles. The number of carbonyl (C=O) groups is 4. The summed E-state index contributed by atoms with van der Waals surface area (Å²) in [6, 6.07) is 9.34. The standard InChI is InChI=1S/C26H23N3O7/c1-34-18-11-10-14(13-19(18)35-2)23(30)22-21-20(17-9-6-12-27-29(17)22)24(31)28(25(21)32)16-8-5-4-7-15(16)26(33)36-3/h4-13,17,20-22H,1-3H3/t17-,20-,21-,22-/m0/s1. The normalized spacial score (nSPS) is 24.0. The highest BCUT2D eigenvalue weighted by molar-refractivity contribution is 6.26. The molecule has 3 aliphatic heterocycles. The summed E-state index contributed by atoms with van der Waals surface area (Å²) >= 11 is 0. The second-order valence-electron chi connectivity index (χ2n) is 8.47. The number of nitrogens with zero attached hydrogens (tertiary/aromatic N) is 3. The lowest BCUT2D eigenvalue weighted by Crippen LogP contribution is -2.46. The maximum absolute atomic E-state index is 13.8. The van der Waals surface area contributed by atoms with E-state index >= 15 is 0 Å². The molecule has 2 aromatic carbocycles. The predicted octanol–water partition coefficient (Wildman–Crippen LogP) is 2.09. The van der Waals surface area contributed by atoms with Crippen molar-refractivity contribution in [3.63, 3.8) is 0 Å². The molecule has 0 unspecified atom stereocenters. The Morgan fingerprint density at radius 3 is 2.36 bits per heavy atom. The summed E-state index contributed by atoms with van der Waals surface area (Å²) in [6.45, 7) is 0. The Morgan fingerprint density at radius 1 is 0.917 bits per heavy atom. The number of fused-ring (bicyclic) bond motifs is 3. The molecule has 36 heavy (non-hydrogen) atoms. The predicted molar refractivity (Wildman–Crippen MR) is 128 cm³/mol. The van der Waals surface area contributed by atoms with Gasteiger partial charge in [-0.15, -0.1) is 0 Å². The molecule has 2 aromatic rings. The van der Waals surface area contributed by atoms with Crippen molar-refractivity contribution >= 4 is 35.5 Å². The monoisotopic (exact) mass is 489 g/mol. The molecular weight excluding hydrogens is 466 g/mol. The van der Waals surface area contributed by atoms with E-state index in [0.29, 0.717) is 11.5 Å². The van der Waals surface area contributed by atoms with Gasteiger partial charge in [0, 0.05) is 11.8 Å². The lowest BCUT2D eigenvalue weighted by Gasteiger charge is -2.30. The molecule has 3 heterocycles. The molecular formula is C26H23N3O7. The summed E-state index contributed by atoms with van der Waals surface area (Å²) in [5, 5.41) is 5.87. The average Bonchev–Trinajstić information content (AvgIpc) is 3.39. The van der Waals surface area contributed by atoms with E-state index in [1.165, 1.54) is 44.7 Å². The highest BCUT2D eigenvalue weighted by Gasteiger charge is 2.64. The minimum absolute atomic E-state index is 0.0819. The van der Waals surface area contributed by atoms with Crippen LogP contribution in [0.1, 0.15) is 20.7 Å². The fourth-order valence-corrected chi connectivity index (χ4v) is 5.19. The van der Waals surface area contributed by atoms with Crippen LogP contribution in [0.2, 0.25) is 0 Å². The summed E-state index contributed by atoms with van der Waals surface area (Å²) in [4.78, 5) is 54.7. The van der Waals surface area contributed by atoms with Gasteiger partial charge < -0.3 is 14.2 Å². The van der Waals surface area contributed by atoms with Crippen molar-refractivity contribution in [3.8, 4) is 11.5 Å². The van der Waals surface area contributed by atoms with Crippen LogP contribution >= 0.6 is 0 Å². The molecule has 2 fully saturated rings. The van der Waals surface area contributed by atoms with Gasteiger partial charge in [0.05, 0.1) is 50.5 Å². The number of imide groups is 1. The molecule has 2 saturated heterocycles. The van der Waals surface area contributed by atoms with Crippen LogP contribution in [0.5, 0.6) is 11.5 Å². The summed E-state index contributed by atoms with van der Waals surface area (Å²) in [6.07, 6.45) is 4.96. The van der Waals surface area contributed by atoms with Crippen molar-refractivity contribution < 1.29 is 33.4 Å². The van der Waals surface area contributed by atoms with Crippen molar-refractivity contribution in [2.75, 3.05) is 26.2 Å². The first kappa shape index (κ1) is 23.3. The maximum atomic E-state index is 13.8. The molecule has 5 rings (SSSR count). The number of carbonyl (C=O) groups excluding carboxylic acids is 4. The van der Waals surface area contributed by atoms with E-state index in [2.05, 4.69) is 5.10 Å². The van der Waals surface area contributed by atoms with Crippen molar-refractivity contribution in [2.24, 2.45) is 16.9 Å². The van der Waals surface area contributed by atoms with Gasteiger partial charge in [0.1, 0.15) is 6.04 Å². The Morgan fingerprint density at radius 2 is 1.64 bits per heavy atom. The van der Waals surface area contributed by atoms with Gasteiger partial charge in [0.25, 0.3) is 0 Å². The van der Waals surface area contributed by atoms with Crippen LogP contribution < -0.4 is 14.4 Å². The van der Waals surface area contributed by atoms with Crippen LogP contribution in [0.4, 0.5) is 5.69 Å². The number of benzene rings is 2. The zero-order valence-electron chi connectivity index (χ0n) is 19.8. The first-order chi connectivity index (χ1) is 17.4. The van der Waals surface area contributed by atoms with Crippen LogP contribution in [0.15, 0.2) is 59.7 Å². The third kappa shape index (κ3) is 3.36. The molecule has 0 N–H and O–H groups in total. The van der Waals surface area contributed by atoms with Gasteiger partial charge in [-0.05, 0) is 36.4 Å². The highest BCUT2D eigenvalue weighted by Crippen LogP contribution is 2.47. The number of rotatable bonds is 6. The summed E-state index contributed by atoms with van der Waals surface area (Å²) in [5.41, 5.74) is 0.495. The molecule has 184 valence electrons. The third-order valence-corrected chi connectivity index (χ3v) is 6.78. The molecule has 10 heteroatoms. The van der Waals surface area contributed by atoms with Gasteiger partial charge >= 0.3 is 5.97 Å². The minimum atomic E-state index is -1.04. The number of hydrogen-bond donors (Lipinski definition) is 0. The number of hydrogen-bond acceptors (Lipinski definition) is 9. The third-order valence-electron chi connectivity index (χ3n) is 6.78. The molecule has 3 aliphatic rings. The van der Waals surface area contributed by atoms with E-state index in [4.69, 9.17) is 14.2 Å². The first-order valence-corrected chi connectivity index (χ1v) is 11.2. The zero-order chi connectivity index (χ0) is 25.6. The van der Waals surface area contributed by atoms with Crippen LogP contribution in [0.3, 0.4) is 0 Å². The quantitative estimate of drug-likeness (QED) is 0.344. The number of anilines is 1. The smallest absolute Gasteiger partial charge is 0.339 e. The van der Waals surface area contributed by atoms with Gasteiger partial charge in [-0.1, -0.05) is 18.2 Å². The Hall–Kier alpha value is -4.47. The van der Waals surface area contributed by atoms with E-state index in [9.17, 15) is 19.2 Å². The molecule has 0 aromatic heterocycles. The number of amides is 2. The van der Waals surface area contributed by atoms with Gasteiger partial charge in [-0.2, -0.15) is 5.10 Å².